The first-order chi connectivity index (χ1) is 23.7. The molecule has 0 aliphatic heterocycles. The highest BCUT2D eigenvalue weighted by Crippen LogP contribution is 2.09. The van der Waals surface area contributed by atoms with Crippen molar-refractivity contribution < 1.29 is 43.3 Å². The summed E-state index contributed by atoms with van der Waals surface area (Å²) in [4.78, 5) is 64.3. The molecule has 7 N–H and O–H groups in total. The highest BCUT2D eigenvalue weighted by molar-refractivity contribution is 6.03. The third-order valence-corrected chi connectivity index (χ3v) is 7.16. The van der Waals surface area contributed by atoms with Crippen LogP contribution < -0.4 is 26.6 Å². The van der Waals surface area contributed by atoms with Gasteiger partial charge in [0.15, 0.2) is 0 Å². The number of hydrogen-bond donors (Lipinski definition) is 7. The lowest BCUT2D eigenvalue weighted by Crippen LogP contribution is -2.45. The fourth-order valence-corrected chi connectivity index (χ4v) is 4.70. The molecule has 1 aromatic rings. The first-order valence-electron chi connectivity index (χ1n) is 17.2. The van der Waals surface area contributed by atoms with Crippen LogP contribution in [-0.2, 0) is 20.9 Å². The van der Waals surface area contributed by atoms with Crippen LogP contribution in [0.4, 0.5) is 18.8 Å². The predicted octanol–water partition coefficient (Wildman–Crippen LogP) is 4.37. The van der Waals surface area contributed by atoms with Crippen LogP contribution in [-0.4, -0.2) is 102 Å². The summed E-state index contributed by atoms with van der Waals surface area (Å²) in [7, 11) is 0. The van der Waals surface area contributed by atoms with Crippen molar-refractivity contribution in [2.24, 2.45) is 4.99 Å². The van der Waals surface area contributed by atoms with E-state index in [-0.39, 0.29) is 25.1 Å². The molecule has 0 saturated heterocycles. The minimum Gasteiger partial charge on any atom is -0.465 e. The lowest BCUT2D eigenvalue weighted by atomic mass is 10.1. The molecule has 0 bridgehead atoms. The number of carboxylic acid groups (broad SMARTS) is 2. The average Bonchev–Trinajstić information content (AvgIpc) is 3.02. The molecule has 50 heavy (non-hydrogen) atoms. The highest BCUT2D eigenvalue weighted by atomic mass is 19.1. The largest absolute Gasteiger partial charge is 0.465 e. The zero-order valence-electron chi connectivity index (χ0n) is 29.8. The molecule has 0 saturated carbocycles. The summed E-state index contributed by atoms with van der Waals surface area (Å²) in [6, 6.07) is 9.71. The highest BCUT2D eigenvalue weighted by Gasteiger charge is 2.25. The van der Waals surface area contributed by atoms with E-state index in [1.54, 1.807) is 20.8 Å². The zero-order chi connectivity index (χ0) is 37.4. The van der Waals surface area contributed by atoms with Gasteiger partial charge < -0.3 is 30.9 Å². The Balaban J connectivity index is 2.24. The maximum atomic E-state index is 14.4. The van der Waals surface area contributed by atoms with Gasteiger partial charge in [0.1, 0.15) is 5.60 Å². The van der Waals surface area contributed by atoms with Gasteiger partial charge in [0.2, 0.25) is 5.96 Å². The molecule has 0 aliphatic carbocycles. The second kappa shape index (κ2) is 24.6. The van der Waals surface area contributed by atoms with Crippen molar-refractivity contribution in [1.82, 2.24) is 31.5 Å². The Kier molecular flexibility index (Phi) is 21.5. The Morgan fingerprint density at radius 3 is 1.98 bits per heavy atom. The number of alkyl carbamates (subject to hydrolysis) is 1. The van der Waals surface area contributed by atoms with Gasteiger partial charge in [-0.05, 0) is 71.9 Å². The SMILES string of the molecule is CC(CCN(CCCCNC(=O)C(F)C(=O)NCCCCCCCCN=C(NC(=O)O)NC(=O)OC(C)(C)C)Cc1ccccc1)NC(=O)O. The van der Waals surface area contributed by atoms with E-state index in [9.17, 15) is 28.4 Å². The summed E-state index contributed by atoms with van der Waals surface area (Å²) in [5, 5.41) is 29.6. The lowest BCUT2D eigenvalue weighted by Gasteiger charge is -2.24. The molecule has 0 aliphatic rings. The van der Waals surface area contributed by atoms with Gasteiger partial charge in [-0.2, -0.15) is 0 Å². The Labute approximate surface area is 294 Å². The Hall–Kier alpha value is -4.47. The second-order valence-electron chi connectivity index (χ2n) is 13.0. The van der Waals surface area contributed by atoms with Crippen LogP contribution in [0, 0.1) is 0 Å². The number of carbonyl (C=O) groups excluding carboxylic acids is 3. The molecule has 0 radical (unpaired) electrons. The fraction of sp³-hybridized carbons (Fsp3) is 0.647. The number of benzene rings is 1. The number of alkyl halides is 1. The second-order valence-corrected chi connectivity index (χ2v) is 13.0. The number of aliphatic imine (C=N–C) groups is 1. The number of ether oxygens (including phenoxy) is 1. The number of nitrogens with zero attached hydrogens (tertiary/aromatic N) is 2. The van der Waals surface area contributed by atoms with Crippen molar-refractivity contribution in [2.75, 3.05) is 32.7 Å². The zero-order valence-corrected chi connectivity index (χ0v) is 29.8. The molecule has 0 aromatic heterocycles. The number of guanidine groups is 1. The van der Waals surface area contributed by atoms with Gasteiger partial charge in [-0.25, -0.2) is 18.8 Å². The van der Waals surface area contributed by atoms with Crippen LogP contribution in [0.1, 0.15) is 91.0 Å². The molecule has 1 rings (SSSR count). The smallest absolute Gasteiger partial charge is 0.414 e. The maximum Gasteiger partial charge on any atom is 0.414 e. The van der Waals surface area contributed by atoms with Gasteiger partial charge in [0.25, 0.3) is 18.0 Å². The molecule has 0 fully saturated rings. The van der Waals surface area contributed by atoms with Crippen molar-refractivity contribution in [1.29, 1.82) is 0 Å². The number of nitrogens with one attached hydrogen (secondary N) is 5. The predicted molar refractivity (Wildman–Crippen MR) is 188 cm³/mol. The van der Waals surface area contributed by atoms with Gasteiger partial charge in [-0.3, -0.25) is 30.1 Å². The van der Waals surface area contributed by atoms with E-state index < -0.39 is 41.9 Å². The molecular weight excluding hydrogens is 653 g/mol. The van der Waals surface area contributed by atoms with Crippen LogP contribution in [0.15, 0.2) is 35.3 Å². The average molecular weight is 710 g/mol. The van der Waals surface area contributed by atoms with Crippen LogP contribution in [0.5, 0.6) is 0 Å². The number of rotatable bonds is 22. The number of amides is 5. The number of carbonyl (C=O) groups is 5. The molecule has 2 atom stereocenters. The van der Waals surface area contributed by atoms with Crippen LogP contribution in [0.25, 0.3) is 0 Å². The first kappa shape index (κ1) is 43.6. The molecule has 1 aromatic carbocycles. The molecular formula is C34H56FN7O8. The van der Waals surface area contributed by atoms with E-state index >= 15 is 0 Å². The monoisotopic (exact) mass is 709 g/mol. The summed E-state index contributed by atoms with van der Waals surface area (Å²) >= 11 is 0. The van der Waals surface area contributed by atoms with Crippen molar-refractivity contribution >= 4 is 36.1 Å². The Morgan fingerprint density at radius 1 is 0.820 bits per heavy atom. The van der Waals surface area contributed by atoms with E-state index in [0.29, 0.717) is 51.9 Å². The number of halogens is 1. The summed E-state index contributed by atoms with van der Waals surface area (Å²) in [5.41, 5.74) is 0.385. The van der Waals surface area contributed by atoms with Crippen molar-refractivity contribution in [3.05, 3.63) is 35.9 Å². The molecule has 2 unspecified atom stereocenters. The summed E-state index contributed by atoms with van der Waals surface area (Å²) in [6.07, 6.45) is 1.01. The quantitative estimate of drug-likeness (QED) is 0.0394. The normalized spacial score (nSPS) is 12.8. The maximum absolute atomic E-state index is 14.4. The van der Waals surface area contributed by atoms with Crippen LogP contribution in [0.3, 0.4) is 0 Å². The molecule has 0 heterocycles. The third-order valence-electron chi connectivity index (χ3n) is 7.16. The van der Waals surface area contributed by atoms with E-state index in [2.05, 4.69) is 31.2 Å². The van der Waals surface area contributed by atoms with Crippen LogP contribution in [0.2, 0.25) is 0 Å². The Morgan fingerprint density at radius 2 is 1.40 bits per heavy atom. The number of hydrogen-bond acceptors (Lipinski definition) is 8. The van der Waals surface area contributed by atoms with Gasteiger partial charge in [0, 0.05) is 38.8 Å². The van der Waals surface area contributed by atoms with Crippen molar-refractivity contribution in [3.63, 3.8) is 0 Å². The summed E-state index contributed by atoms with van der Waals surface area (Å²) in [5.74, 6) is -2.15. The van der Waals surface area contributed by atoms with E-state index in [4.69, 9.17) is 14.9 Å². The van der Waals surface area contributed by atoms with Gasteiger partial charge in [-0.15, -0.1) is 0 Å². The summed E-state index contributed by atoms with van der Waals surface area (Å²) < 4.78 is 19.5. The topological polar surface area (TPSA) is 211 Å². The lowest BCUT2D eigenvalue weighted by molar-refractivity contribution is -0.136. The molecule has 282 valence electrons. The number of unbranched alkanes of at least 4 members (excludes halogenated alkanes) is 6. The molecule has 16 heteroatoms. The van der Waals surface area contributed by atoms with Crippen molar-refractivity contribution in [3.8, 4) is 0 Å². The molecule has 5 amide bonds. The Bertz CT molecular complexity index is 1210. The van der Waals surface area contributed by atoms with Crippen LogP contribution >= 0.6 is 0 Å². The minimum atomic E-state index is -2.29. The first-order valence-corrected chi connectivity index (χ1v) is 17.2. The van der Waals surface area contributed by atoms with Gasteiger partial charge >= 0.3 is 18.3 Å². The standard InChI is InChI=1S/C34H56FN7O8/c1-25(39-31(45)46)18-23-42(24-26-16-10-9-11-17-26)22-15-14-20-37-29(44)27(35)28(43)36-19-12-7-5-6-8-13-21-38-30(40-32(47)48)41-33(49)50-34(2,3)4/h9-11,16-17,25,27,39H,5-8,12-15,18-24H2,1-4H3,(H,36,43)(H,37,44)(H,45,46)(H,47,48)(H2,38,40,41,49). The van der Waals surface area contributed by atoms with Gasteiger partial charge in [-0.1, -0.05) is 56.0 Å². The molecule has 15 nitrogen and oxygen atoms in total. The van der Waals surface area contributed by atoms with E-state index in [1.807, 2.05) is 42.6 Å². The third kappa shape index (κ3) is 23.0. The van der Waals surface area contributed by atoms with Gasteiger partial charge in [0.05, 0.1) is 0 Å². The fourth-order valence-electron chi connectivity index (χ4n) is 4.70. The van der Waals surface area contributed by atoms with Crippen molar-refractivity contribution in [2.45, 2.75) is 110 Å². The van der Waals surface area contributed by atoms with E-state index in [0.717, 1.165) is 37.7 Å². The van der Waals surface area contributed by atoms with E-state index in [1.165, 1.54) is 0 Å². The molecule has 0 spiro atoms. The summed E-state index contributed by atoms with van der Waals surface area (Å²) in [6.45, 7) is 9.71. The minimum absolute atomic E-state index is 0.196.